The van der Waals surface area contributed by atoms with Gasteiger partial charge in [-0.1, -0.05) is 13.9 Å². The second kappa shape index (κ2) is 3.90. The first-order chi connectivity index (χ1) is 2.50. The van der Waals surface area contributed by atoms with Crippen LogP contribution < -0.4 is 0 Å². The van der Waals surface area contributed by atoms with E-state index in [9.17, 15) is 0 Å². The van der Waals surface area contributed by atoms with Crippen LogP contribution in [0.25, 0.3) is 0 Å². The van der Waals surface area contributed by atoms with Crippen LogP contribution >= 0.6 is 15.7 Å². The van der Waals surface area contributed by atoms with Crippen LogP contribution in [-0.2, 0) is 17.1 Å². The molecule has 1 unspecified atom stereocenters. The Morgan fingerprint density at radius 1 is 1.50 bits per heavy atom. The molecule has 0 fully saturated rings. The van der Waals surface area contributed by atoms with Crippen molar-refractivity contribution in [3.63, 3.8) is 0 Å². The van der Waals surface area contributed by atoms with Gasteiger partial charge in [0.2, 0.25) is 0 Å². The summed E-state index contributed by atoms with van der Waals surface area (Å²) in [6.07, 6.45) is 0. The van der Waals surface area contributed by atoms with E-state index < -0.39 is 0 Å². The van der Waals surface area contributed by atoms with Crippen LogP contribution in [0.15, 0.2) is 17.7 Å². The molecule has 0 spiro atoms. The maximum absolute atomic E-state index is 2.20. The van der Waals surface area contributed by atoms with E-state index in [0.717, 1.165) is 7.87 Å². The molecule has 0 saturated heterocycles. The van der Waals surface area contributed by atoms with Crippen LogP contribution in [0.2, 0.25) is 0 Å². The third-order valence-corrected chi connectivity index (χ3v) is 2.56. The second-order valence-corrected chi connectivity index (χ2v) is 3.46. The van der Waals surface area contributed by atoms with E-state index in [1.54, 1.807) is 0 Å². The average molecular weight is 157 g/mol. The summed E-state index contributed by atoms with van der Waals surface area (Å²) in [5.41, 5.74) is 0. The molecule has 0 amide bonds. The number of hydrogen-bond acceptors (Lipinski definition) is 0. The van der Waals surface area contributed by atoms with Gasteiger partial charge in [0.05, 0.1) is 0 Å². The smallest absolute Gasteiger partial charge is 0 e. The Bertz CT molecular complexity index is 65.3. The molecule has 1 radical (unpaired) electrons. The molecule has 0 bridgehead atoms. The fourth-order valence-corrected chi connectivity index (χ4v) is 1.94. The molecule has 1 heterocycles. The van der Waals surface area contributed by atoms with Gasteiger partial charge in [0.1, 0.15) is 0 Å². The molecule has 1 atom stereocenters. The van der Waals surface area contributed by atoms with Crippen molar-refractivity contribution >= 4 is 15.7 Å². The minimum atomic E-state index is 0. The van der Waals surface area contributed by atoms with E-state index in [1.165, 1.54) is 7.87 Å². The summed E-state index contributed by atoms with van der Waals surface area (Å²) < 4.78 is 0. The molecule has 33 valence electrons. The van der Waals surface area contributed by atoms with Gasteiger partial charge >= 0.3 is 0 Å². The summed E-state index contributed by atoms with van der Waals surface area (Å²) in [6.45, 7) is 0. The molecule has 0 nitrogen and oxygen atoms in total. The minimum Gasteiger partial charge on any atom is -0.111 e. The summed E-state index contributed by atoms with van der Waals surface area (Å²) >= 11 is 0. The van der Waals surface area contributed by atoms with Crippen LogP contribution in [0.5, 0.6) is 0 Å². The van der Waals surface area contributed by atoms with Crippen LogP contribution in [0.4, 0.5) is 0 Å². The van der Waals surface area contributed by atoms with Crippen molar-refractivity contribution in [2.75, 3.05) is 0 Å². The zero-order valence-corrected chi connectivity index (χ0v) is 6.13. The van der Waals surface area contributed by atoms with Crippen molar-refractivity contribution in [2.45, 2.75) is 0 Å². The maximum Gasteiger partial charge on any atom is 0 e. The Morgan fingerprint density at radius 3 is 2.50 bits per heavy atom. The molecular formula is C3H4MnP2. The van der Waals surface area contributed by atoms with E-state index in [4.69, 9.17) is 0 Å². The van der Waals surface area contributed by atoms with E-state index >= 15 is 0 Å². The van der Waals surface area contributed by atoms with E-state index in [0.29, 0.717) is 0 Å². The number of hydrogen-bond donors (Lipinski definition) is 0. The first-order valence-electron chi connectivity index (χ1n) is 1.44. The molecule has 3 heteroatoms. The fraction of sp³-hybridized carbons (Fsp3) is 0. The third kappa shape index (κ3) is 2.00. The minimum absolute atomic E-state index is 0. The summed E-state index contributed by atoms with van der Waals surface area (Å²) in [6, 6.07) is 2.11. The van der Waals surface area contributed by atoms with Gasteiger partial charge in [-0.25, -0.2) is 0 Å². The normalized spacial score (nSPS) is 9.33. The molecule has 0 aliphatic heterocycles. The zero-order valence-electron chi connectivity index (χ0n) is 3.06. The SMILES string of the molecule is [Mn].c1cp[pH]c1. The van der Waals surface area contributed by atoms with Gasteiger partial charge in [0.25, 0.3) is 0 Å². The third-order valence-electron chi connectivity index (χ3n) is 0.406. The van der Waals surface area contributed by atoms with Gasteiger partial charge < -0.3 is 0 Å². The monoisotopic (exact) mass is 157 g/mol. The Labute approximate surface area is 50.9 Å². The van der Waals surface area contributed by atoms with Crippen LogP contribution in [-0.4, -0.2) is 0 Å². The van der Waals surface area contributed by atoms with Gasteiger partial charge in [-0.3, -0.25) is 0 Å². The molecule has 1 rings (SSSR count). The second-order valence-electron chi connectivity index (χ2n) is 0.766. The van der Waals surface area contributed by atoms with Gasteiger partial charge in [0.15, 0.2) is 0 Å². The zero-order chi connectivity index (χ0) is 3.54. The van der Waals surface area contributed by atoms with Crippen molar-refractivity contribution in [1.29, 1.82) is 0 Å². The molecular weight excluding hydrogens is 153 g/mol. The van der Waals surface area contributed by atoms with Crippen molar-refractivity contribution in [1.82, 2.24) is 0 Å². The van der Waals surface area contributed by atoms with Gasteiger partial charge in [-0.2, -0.15) is 0 Å². The van der Waals surface area contributed by atoms with Crippen LogP contribution in [0.3, 0.4) is 0 Å². The average Bonchev–Trinajstić information content (AvgIpc) is 1.76. The Balaban J connectivity index is 0.000000250. The van der Waals surface area contributed by atoms with Crippen molar-refractivity contribution in [3.05, 3.63) is 17.7 Å². The Hall–Kier alpha value is 0.729. The fourth-order valence-electron chi connectivity index (χ4n) is 0.215. The summed E-state index contributed by atoms with van der Waals surface area (Å²) in [4.78, 5) is 0. The van der Waals surface area contributed by atoms with E-state index in [1.807, 2.05) is 0 Å². The molecule has 1 aromatic rings. The molecule has 6 heavy (non-hydrogen) atoms. The van der Waals surface area contributed by atoms with Gasteiger partial charge in [0, 0.05) is 17.1 Å². The molecule has 0 aromatic carbocycles. The van der Waals surface area contributed by atoms with Crippen molar-refractivity contribution in [2.24, 2.45) is 0 Å². The predicted octanol–water partition coefficient (Wildman–Crippen LogP) is 2.30. The Morgan fingerprint density at radius 2 is 2.33 bits per heavy atom. The largest absolute Gasteiger partial charge is 0.111 e. The first-order valence-corrected chi connectivity index (χ1v) is 4.32. The first kappa shape index (κ1) is 6.73. The summed E-state index contributed by atoms with van der Waals surface area (Å²) in [5.74, 6) is 4.36. The quantitative estimate of drug-likeness (QED) is 0.506. The Kier molecular flexibility index (Phi) is 4.38. The van der Waals surface area contributed by atoms with Crippen LogP contribution in [0, 0.1) is 0 Å². The standard InChI is InChI=1S/C3H4P2.Mn/c1-2-4-5-3-1;/h1-4H;. The van der Waals surface area contributed by atoms with Gasteiger partial charge in [-0.05, 0) is 11.6 Å². The van der Waals surface area contributed by atoms with E-state index in [2.05, 4.69) is 17.7 Å². The molecule has 0 N–H and O–H groups in total. The molecule has 0 aliphatic carbocycles. The molecule has 0 saturated carbocycles. The maximum atomic E-state index is 2.20. The topological polar surface area (TPSA) is 0 Å². The molecule has 1 aromatic heterocycles. The number of rotatable bonds is 0. The van der Waals surface area contributed by atoms with Gasteiger partial charge in [-0.15, -0.1) is 7.87 Å². The van der Waals surface area contributed by atoms with Crippen molar-refractivity contribution < 1.29 is 17.1 Å². The van der Waals surface area contributed by atoms with Crippen molar-refractivity contribution in [3.8, 4) is 0 Å². The van der Waals surface area contributed by atoms with Crippen LogP contribution in [0.1, 0.15) is 0 Å². The predicted molar refractivity (Wildman–Crippen MR) is 28.5 cm³/mol. The summed E-state index contributed by atoms with van der Waals surface area (Å²) in [7, 11) is 2.53. The summed E-state index contributed by atoms with van der Waals surface area (Å²) in [5, 5.41) is 0. The van der Waals surface area contributed by atoms with E-state index in [-0.39, 0.29) is 17.1 Å². The molecule has 0 aliphatic rings.